The van der Waals surface area contributed by atoms with Gasteiger partial charge in [0.25, 0.3) is 5.91 Å². The summed E-state index contributed by atoms with van der Waals surface area (Å²) in [4.78, 5) is 13.3. The second-order valence-electron chi connectivity index (χ2n) is 7.10. The zero-order valence-corrected chi connectivity index (χ0v) is 15.6. The number of nitrogens with one attached hydrogen (secondary N) is 1. The summed E-state index contributed by atoms with van der Waals surface area (Å²) < 4.78 is 0. The molecule has 1 aromatic heterocycles. The molecule has 3 heteroatoms. The first-order valence-corrected chi connectivity index (χ1v) is 9.16. The molecule has 2 aromatic rings. The van der Waals surface area contributed by atoms with Crippen LogP contribution in [0.5, 0.6) is 0 Å². The Hall–Kier alpha value is -1.61. The third kappa shape index (κ3) is 4.44. The van der Waals surface area contributed by atoms with Crippen molar-refractivity contribution in [3.63, 3.8) is 0 Å². The highest BCUT2D eigenvalue weighted by molar-refractivity contribution is 7.12. The maximum Gasteiger partial charge on any atom is 0.266 e. The lowest BCUT2D eigenvalue weighted by atomic mass is 9.78. The van der Waals surface area contributed by atoms with Crippen LogP contribution < -0.4 is 5.32 Å². The molecule has 0 aliphatic rings. The summed E-state index contributed by atoms with van der Waals surface area (Å²) in [6.07, 6.45) is 2.26. The van der Waals surface area contributed by atoms with Crippen molar-refractivity contribution in [1.82, 2.24) is 0 Å². The Labute approximate surface area is 143 Å². The number of carbonyl (C=O) groups is 1. The van der Waals surface area contributed by atoms with Crippen LogP contribution in [0.4, 0.5) is 5.69 Å². The summed E-state index contributed by atoms with van der Waals surface area (Å²) in [5.41, 5.74) is 3.49. The van der Waals surface area contributed by atoms with Gasteiger partial charge in [-0.3, -0.25) is 4.79 Å². The van der Waals surface area contributed by atoms with E-state index < -0.39 is 0 Å². The van der Waals surface area contributed by atoms with E-state index in [2.05, 4.69) is 45.1 Å². The van der Waals surface area contributed by atoms with Gasteiger partial charge in [0.15, 0.2) is 0 Å². The van der Waals surface area contributed by atoms with Crippen molar-refractivity contribution >= 4 is 22.9 Å². The Balaban J connectivity index is 2.21. The van der Waals surface area contributed by atoms with Crippen LogP contribution in [0, 0.1) is 12.3 Å². The highest BCUT2D eigenvalue weighted by Crippen LogP contribution is 2.36. The number of amides is 1. The molecular formula is C20H27NOS. The van der Waals surface area contributed by atoms with Gasteiger partial charge in [0.05, 0.1) is 4.88 Å². The van der Waals surface area contributed by atoms with Gasteiger partial charge < -0.3 is 5.32 Å². The fraction of sp³-hybridized carbons (Fsp3) is 0.450. The predicted octanol–water partition coefficient (Wildman–Crippen LogP) is 6.24. The van der Waals surface area contributed by atoms with Crippen molar-refractivity contribution < 1.29 is 4.79 Å². The van der Waals surface area contributed by atoms with E-state index in [1.807, 2.05) is 30.5 Å². The molecule has 1 N–H and O–H groups in total. The minimum absolute atomic E-state index is 0.00750. The lowest BCUT2D eigenvalue weighted by molar-refractivity contribution is 0.103. The van der Waals surface area contributed by atoms with Gasteiger partial charge in [-0.05, 0) is 53.3 Å². The van der Waals surface area contributed by atoms with Crippen LogP contribution in [0.1, 0.15) is 67.3 Å². The van der Waals surface area contributed by atoms with Crippen molar-refractivity contribution in [2.45, 2.75) is 53.4 Å². The molecule has 1 amide bonds. The van der Waals surface area contributed by atoms with E-state index >= 15 is 0 Å². The van der Waals surface area contributed by atoms with Crippen molar-refractivity contribution in [3.8, 4) is 0 Å². The number of hydrogen-bond donors (Lipinski definition) is 1. The predicted molar refractivity (Wildman–Crippen MR) is 101 cm³/mol. The maximum atomic E-state index is 12.5. The molecule has 0 radical (unpaired) electrons. The summed E-state index contributed by atoms with van der Waals surface area (Å²) in [6, 6.07) is 10.2. The SMILES string of the molecule is CCC(C)(C)CC(C)c1ccccc1NC(=O)c1sccc1C. The van der Waals surface area contributed by atoms with Gasteiger partial charge >= 0.3 is 0 Å². The van der Waals surface area contributed by atoms with Gasteiger partial charge in [0.2, 0.25) is 0 Å². The van der Waals surface area contributed by atoms with Crippen LogP contribution in [-0.4, -0.2) is 5.91 Å². The lowest BCUT2D eigenvalue weighted by Crippen LogP contribution is -2.16. The molecule has 124 valence electrons. The Kier molecular flexibility index (Phi) is 5.64. The smallest absolute Gasteiger partial charge is 0.266 e. The number of carbonyl (C=O) groups excluding carboxylic acids is 1. The summed E-state index contributed by atoms with van der Waals surface area (Å²) in [5.74, 6) is 0.401. The number of anilines is 1. The third-order valence-electron chi connectivity index (χ3n) is 4.62. The minimum Gasteiger partial charge on any atom is -0.321 e. The molecule has 23 heavy (non-hydrogen) atoms. The fourth-order valence-electron chi connectivity index (χ4n) is 2.91. The number of aryl methyl sites for hydroxylation is 1. The van der Waals surface area contributed by atoms with Crippen LogP contribution in [0.25, 0.3) is 0 Å². The summed E-state index contributed by atoms with van der Waals surface area (Å²) in [7, 11) is 0. The number of para-hydroxylation sites is 1. The van der Waals surface area contributed by atoms with E-state index in [1.165, 1.54) is 16.9 Å². The molecule has 2 nitrogen and oxygen atoms in total. The van der Waals surface area contributed by atoms with Crippen LogP contribution in [0.2, 0.25) is 0 Å². The quantitative estimate of drug-likeness (QED) is 0.668. The lowest BCUT2D eigenvalue weighted by Gasteiger charge is -2.28. The average Bonchev–Trinajstić information content (AvgIpc) is 2.93. The van der Waals surface area contributed by atoms with E-state index in [1.54, 1.807) is 0 Å². The molecule has 2 rings (SSSR count). The highest BCUT2D eigenvalue weighted by Gasteiger charge is 2.22. The molecule has 0 aliphatic heterocycles. The van der Waals surface area contributed by atoms with E-state index in [0.29, 0.717) is 11.3 Å². The van der Waals surface area contributed by atoms with E-state index in [9.17, 15) is 4.79 Å². The van der Waals surface area contributed by atoms with Crippen molar-refractivity contribution in [2.75, 3.05) is 5.32 Å². The Morgan fingerprint density at radius 2 is 1.96 bits per heavy atom. The van der Waals surface area contributed by atoms with E-state index in [0.717, 1.165) is 29.0 Å². The molecule has 1 aromatic carbocycles. The fourth-order valence-corrected chi connectivity index (χ4v) is 3.73. The van der Waals surface area contributed by atoms with Crippen molar-refractivity contribution in [3.05, 3.63) is 51.7 Å². The molecule has 0 fully saturated rings. The van der Waals surface area contributed by atoms with Gasteiger partial charge in [-0.15, -0.1) is 11.3 Å². The summed E-state index contributed by atoms with van der Waals surface area (Å²) in [6.45, 7) is 11.1. The van der Waals surface area contributed by atoms with E-state index in [-0.39, 0.29) is 5.91 Å². The first-order chi connectivity index (χ1) is 10.8. The molecule has 1 heterocycles. The van der Waals surface area contributed by atoms with Gasteiger partial charge in [-0.25, -0.2) is 0 Å². The van der Waals surface area contributed by atoms with Crippen LogP contribution >= 0.6 is 11.3 Å². The zero-order valence-electron chi connectivity index (χ0n) is 14.8. The highest BCUT2D eigenvalue weighted by atomic mass is 32.1. The first kappa shape index (κ1) is 17.7. The van der Waals surface area contributed by atoms with Crippen LogP contribution in [0.15, 0.2) is 35.7 Å². The average molecular weight is 330 g/mol. The van der Waals surface area contributed by atoms with Crippen LogP contribution in [0.3, 0.4) is 0 Å². The first-order valence-electron chi connectivity index (χ1n) is 8.28. The molecular weight excluding hydrogens is 302 g/mol. The van der Waals surface area contributed by atoms with Gasteiger partial charge in [-0.1, -0.05) is 52.3 Å². The molecule has 0 saturated carbocycles. The molecule has 1 unspecified atom stereocenters. The van der Waals surface area contributed by atoms with Gasteiger partial charge in [0.1, 0.15) is 0 Å². The topological polar surface area (TPSA) is 29.1 Å². The minimum atomic E-state index is -0.00750. The second-order valence-corrected chi connectivity index (χ2v) is 8.01. The standard InChI is InChI=1S/C20H27NOS/c1-6-20(4,5)13-15(3)16-9-7-8-10-17(16)21-19(22)18-14(2)11-12-23-18/h7-12,15H,6,13H2,1-5H3,(H,21,22). The number of hydrogen-bond acceptors (Lipinski definition) is 2. The van der Waals surface area contributed by atoms with E-state index in [4.69, 9.17) is 0 Å². The van der Waals surface area contributed by atoms with Gasteiger partial charge in [-0.2, -0.15) is 0 Å². The van der Waals surface area contributed by atoms with Crippen molar-refractivity contribution in [1.29, 1.82) is 0 Å². The van der Waals surface area contributed by atoms with Crippen LogP contribution in [-0.2, 0) is 0 Å². The largest absolute Gasteiger partial charge is 0.321 e. The Bertz CT molecular complexity index is 672. The number of thiophene rings is 1. The maximum absolute atomic E-state index is 12.5. The molecule has 0 saturated heterocycles. The normalized spacial score (nSPS) is 12.9. The third-order valence-corrected chi connectivity index (χ3v) is 5.64. The number of rotatable bonds is 6. The zero-order chi connectivity index (χ0) is 17.0. The molecule has 0 spiro atoms. The van der Waals surface area contributed by atoms with Gasteiger partial charge in [0, 0.05) is 5.69 Å². The molecule has 0 bridgehead atoms. The van der Waals surface area contributed by atoms with Crippen molar-refractivity contribution in [2.24, 2.45) is 5.41 Å². The Morgan fingerprint density at radius 3 is 2.57 bits per heavy atom. The summed E-state index contributed by atoms with van der Waals surface area (Å²) in [5, 5.41) is 5.07. The number of benzene rings is 1. The molecule has 0 aliphatic carbocycles. The Morgan fingerprint density at radius 1 is 1.26 bits per heavy atom. The monoisotopic (exact) mass is 329 g/mol. The second kappa shape index (κ2) is 7.31. The molecule has 1 atom stereocenters. The summed E-state index contributed by atoms with van der Waals surface area (Å²) >= 11 is 1.49.